The number of halogens is 1. The number of carbonyl (C=O) groups excluding carboxylic acids is 2. The molecular weight excluding hydrogens is 391 g/mol. The Morgan fingerprint density at radius 3 is 2.62 bits per heavy atom. The molecule has 1 aliphatic rings. The minimum absolute atomic E-state index is 0.0171. The van der Waals surface area contributed by atoms with E-state index in [1.54, 1.807) is 0 Å². The van der Waals surface area contributed by atoms with Gasteiger partial charge in [0.25, 0.3) is 0 Å². The molecule has 8 heteroatoms. The Bertz CT molecular complexity index is 1060. The number of nitrogens with zero attached hydrogens (tertiary/aromatic N) is 3. The molecule has 0 spiro atoms. The van der Waals surface area contributed by atoms with Crippen LogP contribution in [0.5, 0.6) is 0 Å². The largest absolute Gasteiger partial charge is 0.326 e. The molecule has 6 nitrogen and oxygen atoms in total. The topological polar surface area (TPSA) is 76.9 Å². The second kappa shape index (κ2) is 8.16. The van der Waals surface area contributed by atoms with Gasteiger partial charge >= 0.3 is 0 Å². The molecule has 1 aliphatic carbocycles. The van der Waals surface area contributed by atoms with Gasteiger partial charge in [-0.1, -0.05) is 30.0 Å². The molecule has 2 aromatic carbocycles. The monoisotopic (exact) mass is 410 g/mol. The maximum atomic E-state index is 14.3. The van der Waals surface area contributed by atoms with Crippen molar-refractivity contribution in [2.45, 2.75) is 30.8 Å². The smallest absolute Gasteiger partial charge is 0.221 e. The van der Waals surface area contributed by atoms with Crippen LogP contribution in [0.15, 0.2) is 53.7 Å². The third-order valence-electron chi connectivity index (χ3n) is 4.48. The number of rotatable bonds is 7. The van der Waals surface area contributed by atoms with Crippen LogP contribution in [0, 0.1) is 5.82 Å². The van der Waals surface area contributed by atoms with E-state index in [4.69, 9.17) is 0 Å². The zero-order chi connectivity index (χ0) is 20.4. The summed E-state index contributed by atoms with van der Waals surface area (Å²) in [4.78, 5) is 28.1. The van der Waals surface area contributed by atoms with Crippen molar-refractivity contribution in [1.82, 2.24) is 14.8 Å². The molecule has 0 bridgehead atoms. The molecule has 0 aliphatic heterocycles. The number of Topliss-reactive ketones (excluding diaryl/α,β-unsaturated/α-hetero) is 1. The van der Waals surface area contributed by atoms with E-state index in [9.17, 15) is 14.0 Å². The van der Waals surface area contributed by atoms with E-state index < -0.39 is 5.82 Å². The Labute approximate surface area is 171 Å². The van der Waals surface area contributed by atoms with Crippen molar-refractivity contribution in [2.75, 3.05) is 11.1 Å². The van der Waals surface area contributed by atoms with Crippen molar-refractivity contribution in [3.05, 3.63) is 65.7 Å². The predicted octanol–water partition coefficient (Wildman–Crippen LogP) is 4.22. The Morgan fingerprint density at radius 1 is 1.21 bits per heavy atom. The molecule has 4 rings (SSSR count). The minimum Gasteiger partial charge on any atom is -0.326 e. The maximum absolute atomic E-state index is 14.3. The summed E-state index contributed by atoms with van der Waals surface area (Å²) >= 11 is 1.19. The first-order valence-electron chi connectivity index (χ1n) is 9.27. The summed E-state index contributed by atoms with van der Waals surface area (Å²) in [7, 11) is 0. The molecule has 0 saturated heterocycles. The second-order valence-corrected chi connectivity index (χ2v) is 7.80. The van der Waals surface area contributed by atoms with Crippen LogP contribution >= 0.6 is 11.8 Å². The Hall–Kier alpha value is -3.00. The summed E-state index contributed by atoms with van der Waals surface area (Å²) in [6.45, 7) is 1.34. The molecule has 1 aromatic heterocycles. The molecule has 1 amide bonds. The fraction of sp³-hybridized carbons (Fsp3) is 0.238. The molecule has 3 aromatic rings. The lowest BCUT2D eigenvalue weighted by Gasteiger charge is -2.05. The van der Waals surface area contributed by atoms with Crippen LogP contribution in [0.1, 0.15) is 41.9 Å². The molecule has 1 heterocycles. The Kier molecular flexibility index (Phi) is 5.44. The highest BCUT2D eigenvalue weighted by atomic mass is 32.2. The number of benzene rings is 2. The Morgan fingerprint density at radius 2 is 1.97 bits per heavy atom. The molecule has 0 unspecified atom stereocenters. The molecule has 1 N–H and O–H groups in total. The number of nitrogens with one attached hydrogen (secondary N) is 1. The quantitative estimate of drug-likeness (QED) is 0.466. The van der Waals surface area contributed by atoms with Crippen molar-refractivity contribution in [1.29, 1.82) is 0 Å². The van der Waals surface area contributed by atoms with Gasteiger partial charge in [0.05, 0.1) is 17.0 Å². The van der Waals surface area contributed by atoms with Gasteiger partial charge in [-0.25, -0.2) is 14.1 Å². The van der Waals surface area contributed by atoms with Crippen molar-refractivity contribution in [3.8, 4) is 5.69 Å². The predicted molar refractivity (Wildman–Crippen MR) is 109 cm³/mol. The normalized spacial score (nSPS) is 13.3. The number of hydrogen-bond acceptors (Lipinski definition) is 5. The molecule has 0 atom stereocenters. The summed E-state index contributed by atoms with van der Waals surface area (Å²) in [5.41, 5.74) is 1.23. The van der Waals surface area contributed by atoms with Crippen molar-refractivity contribution in [3.63, 3.8) is 0 Å². The van der Waals surface area contributed by atoms with Gasteiger partial charge in [-0.3, -0.25) is 9.59 Å². The van der Waals surface area contributed by atoms with Gasteiger partial charge in [-0.2, -0.15) is 0 Å². The van der Waals surface area contributed by atoms with E-state index in [0.717, 1.165) is 30.4 Å². The van der Waals surface area contributed by atoms with E-state index in [1.807, 2.05) is 35.0 Å². The highest BCUT2D eigenvalue weighted by Crippen LogP contribution is 2.40. The van der Waals surface area contributed by atoms with E-state index in [2.05, 4.69) is 15.4 Å². The number of hydrogen-bond donors (Lipinski definition) is 1. The van der Waals surface area contributed by atoms with E-state index in [1.165, 1.54) is 30.8 Å². The van der Waals surface area contributed by atoms with Crippen molar-refractivity contribution >= 4 is 29.1 Å². The number of thioether (sulfide) groups is 1. The number of ketones is 1. The van der Waals surface area contributed by atoms with Gasteiger partial charge in [0, 0.05) is 18.5 Å². The standard InChI is InChI=1S/C21H19FN4O2S/c1-13(27)23-15-9-10-17(18(22)11-15)19(28)12-29-21-24-20(14-7-8-14)26(25-21)16-5-3-2-4-6-16/h2-6,9-11,14H,7-8,12H2,1H3,(H,23,27). The lowest BCUT2D eigenvalue weighted by Crippen LogP contribution is -2.09. The first-order chi connectivity index (χ1) is 14.0. The van der Waals surface area contributed by atoms with Gasteiger partial charge in [0.2, 0.25) is 11.1 Å². The summed E-state index contributed by atoms with van der Waals surface area (Å²) in [5, 5.41) is 7.54. The molecule has 1 saturated carbocycles. The number of anilines is 1. The average molecular weight is 410 g/mol. The van der Waals surface area contributed by atoms with Crippen LogP contribution in [-0.2, 0) is 4.79 Å². The molecule has 0 radical (unpaired) electrons. The summed E-state index contributed by atoms with van der Waals surface area (Å²) in [6, 6.07) is 13.8. The van der Waals surface area contributed by atoms with Gasteiger partial charge < -0.3 is 5.32 Å². The fourth-order valence-corrected chi connectivity index (χ4v) is 3.67. The van der Waals surface area contributed by atoms with Crippen molar-refractivity contribution < 1.29 is 14.0 Å². The van der Waals surface area contributed by atoms with Gasteiger partial charge in [-0.05, 0) is 43.2 Å². The van der Waals surface area contributed by atoms with Gasteiger partial charge in [-0.15, -0.1) is 5.10 Å². The summed E-state index contributed by atoms with van der Waals surface area (Å²) < 4.78 is 16.1. The number of amides is 1. The second-order valence-electron chi connectivity index (χ2n) is 6.86. The third-order valence-corrected chi connectivity index (χ3v) is 5.32. The van der Waals surface area contributed by atoms with Crippen LogP contribution in [0.4, 0.5) is 10.1 Å². The number of aromatic nitrogens is 3. The van der Waals surface area contributed by atoms with Crippen LogP contribution in [0.25, 0.3) is 5.69 Å². The molecule has 148 valence electrons. The SMILES string of the molecule is CC(=O)Nc1ccc(C(=O)CSc2nc(C3CC3)n(-c3ccccc3)n2)c(F)c1. The third kappa shape index (κ3) is 4.54. The number of carbonyl (C=O) groups is 2. The highest BCUT2D eigenvalue weighted by molar-refractivity contribution is 7.99. The van der Waals surface area contributed by atoms with Crippen LogP contribution in [-0.4, -0.2) is 32.2 Å². The van der Waals surface area contributed by atoms with Gasteiger partial charge in [0.1, 0.15) is 11.6 Å². The Balaban J connectivity index is 1.48. The number of para-hydroxylation sites is 1. The van der Waals surface area contributed by atoms with E-state index >= 15 is 0 Å². The lowest BCUT2D eigenvalue weighted by molar-refractivity contribution is -0.114. The van der Waals surface area contributed by atoms with Gasteiger partial charge in [0.15, 0.2) is 5.78 Å². The highest BCUT2D eigenvalue weighted by Gasteiger charge is 2.30. The zero-order valence-electron chi connectivity index (χ0n) is 15.8. The molecular formula is C21H19FN4O2S. The summed E-state index contributed by atoms with van der Waals surface area (Å²) in [6.07, 6.45) is 2.17. The lowest BCUT2D eigenvalue weighted by atomic mass is 10.1. The van der Waals surface area contributed by atoms with Crippen molar-refractivity contribution in [2.24, 2.45) is 0 Å². The first-order valence-corrected chi connectivity index (χ1v) is 10.3. The molecule has 1 fully saturated rings. The summed E-state index contributed by atoms with van der Waals surface area (Å²) in [5.74, 6) is 0.00236. The van der Waals surface area contributed by atoms with Crippen LogP contribution < -0.4 is 5.32 Å². The maximum Gasteiger partial charge on any atom is 0.221 e. The zero-order valence-corrected chi connectivity index (χ0v) is 16.6. The minimum atomic E-state index is -0.664. The van der Waals surface area contributed by atoms with E-state index in [0.29, 0.717) is 16.8 Å². The first kappa shape index (κ1) is 19.3. The van der Waals surface area contributed by atoms with Crippen LogP contribution in [0.2, 0.25) is 0 Å². The average Bonchev–Trinajstić information content (AvgIpc) is 3.46. The fourth-order valence-electron chi connectivity index (χ4n) is 2.96. The molecule has 29 heavy (non-hydrogen) atoms. The van der Waals surface area contributed by atoms with Crippen LogP contribution in [0.3, 0.4) is 0 Å². The van der Waals surface area contributed by atoms with E-state index in [-0.39, 0.29) is 23.0 Å².